The second-order valence-corrected chi connectivity index (χ2v) is 7.91. The normalized spacial score (nSPS) is 12.0. The maximum absolute atomic E-state index is 13.8. The Bertz CT molecular complexity index is 1600. The van der Waals surface area contributed by atoms with E-state index in [2.05, 4.69) is 30.5 Å². The van der Waals surface area contributed by atoms with E-state index < -0.39 is 29.9 Å². The summed E-state index contributed by atoms with van der Waals surface area (Å²) in [5.74, 6) is -2.12. The molecule has 38 heavy (non-hydrogen) atoms. The number of imidazole rings is 1. The van der Waals surface area contributed by atoms with Crippen molar-refractivity contribution in [2.45, 2.75) is 19.1 Å². The average Bonchev–Trinajstić information content (AvgIpc) is 3.52. The van der Waals surface area contributed by atoms with Crippen LogP contribution in [0.1, 0.15) is 17.9 Å². The smallest absolute Gasteiger partial charge is 0.415 e. The summed E-state index contributed by atoms with van der Waals surface area (Å²) in [7, 11) is 0. The molecule has 0 aliphatic carbocycles. The fourth-order valence-electron chi connectivity index (χ4n) is 3.78. The highest BCUT2D eigenvalue weighted by Crippen LogP contribution is 2.41. The number of halogens is 6. The van der Waals surface area contributed by atoms with Crippen molar-refractivity contribution in [2.24, 2.45) is 0 Å². The van der Waals surface area contributed by atoms with Crippen molar-refractivity contribution in [3.63, 3.8) is 0 Å². The molecule has 2 N–H and O–H groups in total. The third-order valence-electron chi connectivity index (χ3n) is 5.43. The number of hydrogen-bond acceptors (Lipinski definition) is 8. The van der Waals surface area contributed by atoms with E-state index in [1.807, 2.05) is 0 Å². The number of aromatic nitrogens is 6. The van der Waals surface area contributed by atoms with Gasteiger partial charge in [0.05, 0.1) is 35.1 Å². The predicted molar refractivity (Wildman–Crippen MR) is 121 cm³/mol. The number of aliphatic hydroxyl groups is 1. The third kappa shape index (κ3) is 4.87. The minimum absolute atomic E-state index is 0.0102. The van der Waals surface area contributed by atoms with Gasteiger partial charge in [0.1, 0.15) is 5.82 Å². The van der Waals surface area contributed by atoms with Gasteiger partial charge in [-0.2, -0.15) is 22.0 Å². The van der Waals surface area contributed by atoms with Gasteiger partial charge in [0.2, 0.25) is 5.95 Å². The molecule has 15 heteroatoms. The first-order valence-electron chi connectivity index (χ1n) is 10.8. The van der Waals surface area contributed by atoms with Crippen molar-refractivity contribution in [1.29, 1.82) is 0 Å². The van der Waals surface area contributed by atoms with Gasteiger partial charge < -0.3 is 19.4 Å². The van der Waals surface area contributed by atoms with Crippen LogP contribution in [0.4, 0.5) is 38.0 Å². The van der Waals surface area contributed by atoms with Crippen molar-refractivity contribution < 1.29 is 35.9 Å². The van der Waals surface area contributed by atoms with Crippen molar-refractivity contribution >= 4 is 22.7 Å². The van der Waals surface area contributed by atoms with Gasteiger partial charge in [-0.3, -0.25) is 0 Å². The Kier molecular flexibility index (Phi) is 6.44. The lowest BCUT2D eigenvalue weighted by molar-refractivity contribution is -0.137. The summed E-state index contributed by atoms with van der Waals surface area (Å²) in [4.78, 5) is 12.4. The second kappa shape index (κ2) is 9.74. The van der Waals surface area contributed by atoms with Gasteiger partial charge in [0.15, 0.2) is 0 Å². The predicted octanol–water partition coefficient (Wildman–Crippen LogP) is 5.37. The quantitative estimate of drug-likeness (QED) is 0.267. The molecule has 196 valence electrons. The lowest BCUT2D eigenvalue weighted by Gasteiger charge is -2.15. The van der Waals surface area contributed by atoms with Gasteiger partial charge in [0, 0.05) is 30.2 Å². The standard InChI is InChI=1S/C23H15F6N7O2/c24-12-1-2-14(16(5-12)23(27,28)29)15-6-13(7-17-18(15)32-10-36(17)3-4-37)33-22-30-8-11(9-31-22)20-34-35-21(38-20)19(25)26/h1-2,5-10,19,37H,3-4H2,(H,30,31,33). The van der Waals surface area contributed by atoms with Crippen LogP contribution in [0.15, 0.2) is 53.5 Å². The lowest BCUT2D eigenvalue weighted by Crippen LogP contribution is -2.08. The highest BCUT2D eigenvalue weighted by Gasteiger charge is 2.35. The molecule has 0 spiro atoms. The molecule has 0 fully saturated rings. The molecule has 0 unspecified atom stereocenters. The molecule has 0 saturated carbocycles. The monoisotopic (exact) mass is 535 g/mol. The van der Waals surface area contributed by atoms with Crippen LogP contribution in [0.5, 0.6) is 0 Å². The van der Waals surface area contributed by atoms with E-state index >= 15 is 0 Å². The van der Waals surface area contributed by atoms with Crippen LogP contribution in [0.3, 0.4) is 0 Å². The van der Waals surface area contributed by atoms with Gasteiger partial charge >= 0.3 is 12.6 Å². The molecule has 0 aliphatic heterocycles. The summed E-state index contributed by atoms with van der Waals surface area (Å²) >= 11 is 0. The van der Waals surface area contributed by atoms with E-state index in [1.54, 1.807) is 10.6 Å². The van der Waals surface area contributed by atoms with Crippen LogP contribution in [-0.2, 0) is 12.7 Å². The Balaban J connectivity index is 1.56. The molecule has 3 aromatic heterocycles. The summed E-state index contributed by atoms with van der Waals surface area (Å²) < 4.78 is 86.9. The molecule has 0 atom stereocenters. The Morgan fingerprint density at radius 3 is 2.42 bits per heavy atom. The van der Waals surface area contributed by atoms with E-state index in [4.69, 9.17) is 4.42 Å². The topological polar surface area (TPSA) is 115 Å². The number of fused-ring (bicyclic) bond motifs is 1. The number of anilines is 2. The van der Waals surface area contributed by atoms with Crippen molar-refractivity contribution in [3.8, 4) is 22.6 Å². The Labute approximate surface area is 208 Å². The molecule has 0 radical (unpaired) electrons. The van der Waals surface area contributed by atoms with Gasteiger partial charge in [-0.15, -0.1) is 10.2 Å². The lowest BCUT2D eigenvalue weighted by atomic mass is 9.97. The number of nitrogens with one attached hydrogen (secondary N) is 1. The van der Waals surface area contributed by atoms with E-state index in [9.17, 15) is 31.4 Å². The van der Waals surface area contributed by atoms with Crippen LogP contribution >= 0.6 is 0 Å². The van der Waals surface area contributed by atoms with Crippen LogP contribution in [0.2, 0.25) is 0 Å². The van der Waals surface area contributed by atoms with Crippen molar-refractivity contribution in [1.82, 2.24) is 29.7 Å². The summed E-state index contributed by atoms with van der Waals surface area (Å²) in [5, 5.41) is 19.0. The molecule has 0 aliphatic rings. The molecule has 0 saturated heterocycles. The molecule has 2 aromatic carbocycles. The Morgan fingerprint density at radius 1 is 1.00 bits per heavy atom. The number of hydrogen-bond donors (Lipinski definition) is 2. The van der Waals surface area contributed by atoms with Gasteiger partial charge in [-0.25, -0.2) is 19.3 Å². The largest absolute Gasteiger partial charge is 0.417 e. The van der Waals surface area contributed by atoms with E-state index in [0.29, 0.717) is 11.6 Å². The maximum Gasteiger partial charge on any atom is 0.417 e. The summed E-state index contributed by atoms with van der Waals surface area (Å²) in [6.45, 7) is -0.138. The first kappa shape index (κ1) is 25.1. The van der Waals surface area contributed by atoms with Crippen LogP contribution < -0.4 is 5.32 Å². The highest BCUT2D eigenvalue weighted by atomic mass is 19.4. The highest BCUT2D eigenvalue weighted by molar-refractivity contribution is 5.96. The van der Waals surface area contributed by atoms with Crippen LogP contribution in [0, 0.1) is 5.82 Å². The zero-order chi connectivity index (χ0) is 27.0. The van der Waals surface area contributed by atoms with Crippen molar-refractivity contribution in [3.05, 3.63) is 66.3 Å². The fourth-order valence-corrected chi connectivity index (χ4v) is 3.78. The van der Waals surface area contributed by atoms with Gasteiger partial charge in [-0.1, -0.05) is 6.07 Å². The van der Waals surface area contributed by atoms with E-state index in [-0.39, 0.29) is 52.9 Å². The van der Waals surface area contributed by atoms with Crippen molar-refractivity contribution in [2.75, 3.05) is 11.9 Å². The maximum atomic E-state index is 13.8. The molecular formula is C23H15F6N7O2. The number of rotatable bonds is 7. The summed E-state index contributed by atoms with van der Waals surface area (Å²) in [5.41, 5.74) is -0.429. The minimum atomic E-state index is -4.85. The molecule has 5 rings (SSSR count). The fraction of sp³-hybridized carbons (Fsp3) is 0.174. The van der Waals surface area contributed by atoms with Gasteiger partial charge in [0.25, 0.3) is 11.8 Å². The minimum Gasteiger partial charge on any atom is -0.415 e. The van der Waals surface area contributed by atoms with Crippen LogP contribution in [0.25, 0.3) is 33.6 Å². The molecule has 0 amide bonds. The Morgan fingerprint density at radius 2 is 1.76 bits per heavy atom. The molecule has 9 nitrogen and oxygen atoms in total. The summed E-state index contributed by atoms with van der Waals surface area (Å²) in [6.07, 6.45) is -3.96. The summed E-state index contributed by atoms with van der Waals surface area (Å²) in [6, 6.07) is 5.30. The molecule has 3 heterocycles. The number of aliphatic hydroxyl groups excluding tert-OH is 1. The molecule has 0 bridgehead atoms. The van der Waals surface area contributed by atoms with Crippen LogP contribution in [-0.4, -0.2) is 41.4 Å². The first-order chi connectivity index (χ1) is 18.1. The van der Waals surface area contributed by atoms with E-state index in [0.717, 1.165) is 12.1 Å². The second-order valence-electron chi connectivity index (χ2n) is 7.91. The zero-order valence-electron chi connectivity index (χ0n) is 18.9. The SMILES string of the molecule is OCCn1cnc2c(-c3ccc(F)cc3C(F)(F)F)cc(Nc3ncc(-c4nnc(C(F)F)o4)cn3)cc21. The average molecular weight is 535 g/mol. The van der Waals surface area contributed by atoms with E-state index in [1.165, 1.54) is 24.8 Å². The number of alkyl halides is 5. The molecule has 5 aromatic rings. The number of benzene rings is 2. The first-order valence-corrected chi connectivity index (χ1v) is 10.8. The van der Waals surface area contributed by atoms with Gasteiger partial charge in [-0.05, 0) is 29.8 Å². The zero-order valence-corrected chi connectivity index (χ0v) is 18.9. The molecular weight excluding hydrogens is 520 g/mol. The third-order valence-corrected chi connectivity index (χ3v) is 5.43. The number of nitrogens with zero attached hydrogens (tertiary/aromatic N) is 6. The Hall–Kier alpha value is -4.53.